The summed E-state index contributed by atoms with van der Waals surface area (Å²) in [7, 11) is 0. The first-order valence-electron chi connectivity index (χ1n) is 5.16. The first-order chi connectivity index (χ1) is 8.24. The van der Waals surface area contributed by atoms with Crippen molar-refractivity contribution in [1.29, 1.82) is 0 Å². The first kappa shape index (κ1) is 12.6. The van der Waals surface area contributed by atoms with Crippen LogP contribution < -0.4 is 0 Å². The van der Waals surface area contributed by atoms with E-state index in [1.165, 1.54) is 0 Å². The Kier molecular flexibility index (Phi) is 4.54. The highest BCUT2D eigenvalue weighted by atomic mass is 79.9. The third-order valence-electron chi connectivity index (χ3n) is 2.22. The predicted octanol–water partition coefficient (Wildman–Crippen LogP) is 4.21. The second kappa shape index (κ2) is 6.15. The van der Waals surface area contributed by atoms with E-state index < -0.39 is 0 Å². The smallest absolute Gasteiger partial charge is 0.129 e. The van der Waals surface area contributed by atoms with Crippen LogP contribution in [-0.4, -0.2) is 4.98 Å². The van der Waals surface area contributed by atoms with E-state index in [1.54, 1.807) is 6.20 Å². The summed E-state index contributed by atoms with van der Waals surface area (Å²) in [5.41, 5.74) is 2.17. The van der Waals surface area contributed by atoms with Gasteiger partial charge in [0, 0.05) is 10.7 Å². The van der Waals surface area contributed by atoms with Crippen LogP contribution >= 0.6 is 27.5 Å². The van der Waals surface area contributed by atoms with Gasteiger partial charge in [0.2, 0.25) is 0 Å². The van der Waals surface area contributed by atoms with Crippen molar-refractivity contribution in [2.24, 2.45) is 0 Å². The predicted molar refractivity (Wildman–Crippen MR) is 71.9 cm³/mol. The van der Waals surface area contributed by atoms with E-state index in [0.29, 0.717) is 18.4 Å². The lowest BCUT2D eigenvalue weighted by atomic mass is 10.2. The molecule has 0 fully saturated rings. The van der Waals surface area contributed by atoms with Gasteiger partial charge in [-0.05, 0) is 35.4 Å². The zero-order chi connectivity index (χ0) is 12.1. The van der Waals surface area contributed by atoms with Gasteiger partial charge in [0.15, 0.2) is 0 Å². The lowest BCUT2D eigenvalue weighted by Crippen LogP contribution is -1.94. The molecule has 17 heavy (non-hydrogen) atoms. The number of hydrogen-bond acceptors (Lipinski definition) is 2. The van der Waals surface area contributed by atoms with Crippen LogP contribution in [0.25, 0.3) is 0 Å². The summed E-state index contributed by atoms with van der Waals surface area (Å²) in [6.07, 6.45) is 1.68. The Morgan fingerprint density at radius 2 is 1.88 bits per heavy atom. The Balaban J connectivity index is 1.87. The molecule has 0 bridgehead atoms. The number of halogens is 2. The van der Waals surface area contributed by atoms with Gasteiger partial charge in [0.25, 0.3) is 0 Å². The Morgan fingerprint density at radius 3 is 2.59 bits per heavy atom. The minimum absolute atomic E-state index is 0.494. The summed E-state index contributed by atoms with van der Waals surface area (Å²) in [5, 5.41) is 0.494. The summed E-state index contributed by atoms with van der Waals surface area (Å²) in [6.45, 7) is 1.12. The lowest BCUT2D eigenvalue weighted by molar-refractivity contribution is 0.107. The molecule has 0 aliphatic rings. The van der Waals surface area contributed by atoms with Crippen molar-refractivity contribution >= 4 is 27.5 Å². The molecule has 88 valence electrons. The third kappa shape index (κ3) is 4.11. The van der Waals surface area contributed by atoms with Crippen molar-refractivity contribution in [3.05, 3.63) is 63.3 Å². The Morgan fingerprint density at radius 1 is 1.12 bits per heavy atom. The van der Waals surface area contributed by atoms with E-state index in [-0.39, 0.29) is 0 Å². The fourth-order valence-electron chi connectivity index (χ4n) is 1.45. The van der Waals surface area contributed by atoms with Crippen LogP contribution in [0.1, 0.15) is 11.1 Å². The summed E-state index contributed by atoms with van der Waals surface area (Å²) >= 11 is 9.22. The molecule has 0 amide bonds. The maximum atomic E-state index is 5.79. The van der Waals surface area contributed by atoms with Crippen molar-refractivity contribution < 1.29 is 4.74 Å². The molecule has 0 saturated carbocycles. The number of rotatable bonds is 4. The molecule has 4 heteroatoms. The monoisotopic (exact) mass is 311 g/mol. The molecule has 0 radical (unpaired) electrons. The van der Waals surface area contributed by atoms with Crippen molar-refractivity contribution in [2.45, 2.75) is 13.2 Å². The van der Waals surface area contributed by atoms with Gasteiger partial charge in [-0.25, -0.2) is 4.98 Å². The minimum Gasteiger partial charge on any atom is -0.372 e. The van der Waals surface area contributed by atoms with Crippen molar-refractivity contribution in [1.82, 2.24) is 4.98 Å². The molecule has 0 N–H and O–H groups in total. The Labute approximate surface area is 114 Å². The summed E-state index contributed by atoms with van der Waals surface area (Å²) in [6, 6.07) is 11.8. The van der Waals surface area contributed by atoms with Gasteiger partial charge in [0.05, 0.1) is 13.2 Å². The fourth-order valence-corrected chi connectivity index (χ4v) is 2.09. The average molecular weight is 313 g/mol. The number of aromatic nitrogens is 1. The van der Waals surface area contributed by atoms with Crippen LogP contribution in [-0.2, 0) is 18.0 Å². The SMILES string of the molecule is Clc1cc(COCc2cccc(Br)c2)ccn1. The van der Waals surface area contributed by atoms with Crippen LogP contribution in [0.2, 0.25) is 5.15 Å². The van der Waals surface area contributed by atoms with Crippen LogP contribution in [0.3, 0.4) is 0 Å². The molecule has 1 heterocycles. The van der Waals surface area contributed by atoms with Crippen LogP contribution in [0.4, 0.5) is 0 Å². The van der Waals surface area contributed by atoms with Gasteiger partial charge >= 0.3 is 0 Å². The summed E-state index contributed by atoms with van der Waals surface area (Å²) < 4.78 is 6.67. The first-order valence-corrected chi connectivity index (χ1v) is 6.34. The van der Waals surface area contributed by atoms with Gasteiger partial charge in [-0.15, -0.1) is 0 Å². The number of benzene rings is 1. The van der Waals surface area contributed by atoms with Crippen molar-refractivity contribution in [2.75, 3.05) is 0 Å². The molecule has 2 aromatic rings. The molecule has 2 rings (SSSR count). The standard InChI is InChI=1S/C13H11BrClNO/c14-12-3-1-2-10(6-12)8-17-9-11-4-5-16-13(15)7-11/h1-7H,8-9H2. The van der Waals surface area contributed by atoms with Gasteiger partial charge in [-0.1, -0.05) is 39.7 Å². The second-order valence-electron chi connectivity index (χ2n) is 3.61. The largest absolute Gasteiger partial charge is 0.372 e. The zero-order valence-electron chi connectivity index (χ0n) is 9.07. The topological polar surface area (TPSA) is 22.1 Å². The second-order valence-corrected chi connectivity index (χ2v) is 4.91. The van der Waals surface area contributed by atoms with E-state index in [4.69, 9.17) is 16.3 Å². The molecule has 2 nitrogen and oxygen atoms in total. The van der Waals surface area contributed by atoms with E-state index in [9.17, 15) is 0 Å². The van der Waals surface area contributed by atoms with Crippen LogP contribution in [0.5, 0.6) is 0 Å². The molecule has 0 atom stereocenters. The minimum atomic E-state index is 0.494. The van der Waals surface area contributed by atoms with E-state index >= 15 is 0 Å². The maximum absolute atomic E-state index is 5.79. The normalized spacial score (nSPS) is 10.5. The quantitative estimate of drug-likeness (QED) is 0.789. The van der Waals surface area contributed by atoms with Gasteiger partial charge in [-0.2, -0.15) is 0 Å². The zero-order valence-corrected chi connectivity index (χ0v) is 11.4. The maximum Gasteiger partial charge on any atom is 0.129 e. The number of hydrogen-bond donors (Lipinski definition) is 0. The highest BCUT2D eigenvalue weighted by Gasteiger charge is 1.97. The average Bonchev–Trinajstić information content (AvgIpc) is 2.29. The van der Waals surface area contributed by atoms with Crippen LogP contribution in [0.15, 0.2) is 47.1 Å². The van der Waals surface area contributed by atoms with Gasteiger partial charge < -0.3 is 4.74 Å². The molecular weight excluding hydrogens is 302 g/mol. The van der Waals surface area contributed by atoms with Gasteiger partial charge in [0.1, 0.15) is 5.15 Å². The Bertz CT molecular complexity index is 459. The highest BCUT2D eigenvalue weighted by Crippen LogP contribution is 2.13. The van der Waals surface area contributed by atoms with Crippen molar-refractivity contribution in [3.8, 4) is 0 Å². The van der Waals surface area contributed by atoms with Gasteiger partial charge in [-0.3, -0.25) is 0 Å². The number of ether oxygens (including phenoxy) is 1. The number of nitrogens with zero attached hydrogens (tertiary/aromatic N) is 1. The van der Waals surface area contributed by atoms with E-state index in [1.807, 2.05) is 36.4 Å². The lowest BCUT2D eigenvalue weighted by Gasteiger charge is -2.05. The van der Waals surface area contributed by atoms with Crippen molar-refractivity contribution in [3.63, 3.8) is 0 Å². The molecule has 0 aliphatic carbocycles. The number of pyridine rings is 1. The molecule has 0 spiro atoms. The van der Waals surface area contributed by atoms with E-state index in [2.05, 4.69) is 20.9 Å². The summed E-state index contributed by atoms with van der Waals surface area (Å²) in [5.74, 6) is 0. The van der Waals surface area contributed by atoms with Crippen LogP contribution in [0, 0.1) is 0 Å². The van der Waals surface area contributed by atoms with E-state index in [0.717, 1.165) is 15.6 Å². The molecule has 0 saturated heterocycles. The fraction of sp³-hybridized carbons (Fsp3) is 0.154. The third-order valence-corrected chi connectivity index (χ3v) is 2.92. The molecule has 1 aromatic carbocycles. The Hall–Kier alpha value is -0.900. The molecule has 0 aliphatic heterocycles. The molecule has 1 aromatic heterocycles. The molecular formula is C13H11BrClNO. The molecule has 0 unspecified atom stereocenters. The highest BCUT2D eigenvalue weighted by molar-refractivity contribution is 9.10. The summed E-state index contributed by atoms with van der Waals surface area (Å²) in [4.78, 5) is 3.92.